The highest BCUT2D eigenvalue weighted by Crippen LogP contribution is 2.31. The highest BCUT2D eigenvalue weighted by Gasteiger charge is 2.09. The van der Waals surface area contributed by atoms with Gasteiger partial charge in [0, 0.05) is 17.8 Å². The van der Waals surface area contributed by atoms with Crippen LogP contribution in [0.1, 0.15) is 5.69 Å². The van der Waals surface area contributed by atoms with Crippen molar-refractivity contribution in [3.05, 3.63) is 51.5 Å². The van der Waals surface area contributed by atoms with E-state index in [1.54, 1.807) is 11.3 Å². The summed E-state index contributed by atoms with van der Waals surface area (Å²) in [6, 6.07) is 2.45. The van der Waals surface area contributed by atoms with Gasteiger partial charge in [-0.1, -0.05) is 23.2 Å². The Morgan fingerprint density at radius 3 is 2.74 bits per heavy atom. The summed E-state index contributed by atoms with van der Waals surface area (Å²) in [5.41, 5.74) is 1.38. The maximum atomic E-state index is 13.1. The average molecular weight is 316 g/mol. The number of rotatable bonds is 3. The van der Waals surface area contributed by atoms with Gasteiger partial charge < -0.3 is 5.32 Å². The summed E-state index contributed by atoms with van der Waals surface area (Å²) < 4.78 is 15.0. The number of thiazole rings is 1. The summed E-state index contributed by atoms with van der Waals surface area (Å²) in [4.78, 5) is 5.35. The average Bonchev–Trinajstić information content (AvgIpc) is 2.87. The van der Waals surface area contributed by atoms with E-state index in [-0.39, 0.29) is 10.0 Å². The molecule has 0 saturated carbocycles. The molecule has 0 fully saturated rings. The third kappa shape index (κ3) is 2.54. The number of nitrogens with zero attached hydrogens (tertiary/aromatic N) is 2. The van der Waals surface area contributed by atoms with Gasteiger partial charge in [-0.05, 0) is 12.1 Å². The van der Waals surface area contributed by atoms with Gasteiger partial charge in [0.2, 0.25) is 0 Å². The SMILES string of the molecule is Fc1cc(Cl)c(NCc2cn3ccsc3n2)c(Cl)c1. The largest absolute Gasteiger partial charge is 0.377 e. The summed E-state index contributed by atoms with van der Waals surface area (Å²) in [5.74, 6) is -0.456. The number of fused-ring (bicyclic) bond motifs is 1. The van der Waals surface area contributed by atoms with E-state index < -0.39 is 5.82 Å². The minimum absolute atomic E-state index is 0.256. The molecule has 1 N–H and O–H groups in total. The van der Waals surface area contributed by atoms with Gasteiger partial charge >= 0.3 is 0 Å². The van der Waals surface area contributed by atoms with Gasteiger partial charge in [-0.25, -0.2) is 9.37 Å². The molecule has 0 atom stereocenters. The van der Waals surface area contributed by atoms with Gasteiger partial charge in [-0.15, -0.1) is 11.3 Å². The molecule has 7 heteroatoms. The number of benzene rings is 1. The van der Waals surface area contributed by atoms with Crippen molar-refractivity contribution in [1.82, 2.24) is 9.38 Å². The van der Waals surface area contributed by atoms with Crippen molar-refractivity contribution < 1.29 is 4.39 Å². The Hall–Kier alpha value is -1.30. The summed E-state index contributed by atoms with van der Waals surface area (Å²) in [5, 5.41) is 5.55. The molecule has 0 radical (unpaired) electrons. The van der Waals surface area contributed by atoms with Crippen LogP contribution in [-0.2, 0) is 6.54 Å². The lowest BCUT2D eigenvalue weighted by Gasteiger charge is -2.09. The predicted octanol–water partition coefficient (Wildman–Crippen LogP) is 4.45. The van der Waals surface area contributed by atoms with Crippen LogP contribution in [0.25, 0.3) is 4.96 Å². The van der Waals surface area contributed by atoms with Crippen LogP contribution >= 0.6 is 34.5 Å². The van der Waals surface area contributed by atoms with Gasteiger partial charge in [0.1, 0.15) is 5.82 Å². The van der Waals surface area contributed by atoms with Gasteiger partial charge in [0.15, 0.2) is 4.96 Å². The Morgan fingerprint density at radius 2 is 2.05 bits per heavy atom. The van der Waals surface area contributed by atoms with Gasteiger partial charge in [-0.3, -0.25) is 4.40 Å². The third-order valence-corrected chi connectivity index (χ3v) is 3.96. The Balaban J connectivity index is 1.81. The standard InChI is InChI=1S/C12H8Cl2FN3S/c13-9-3-7(15)4-10(14)11(9)16-5-8-6-18-1-2-19-12(18)17-8/h1-4,6,16H,5H2. The maximum absolute atomic E-state index is 13.1. The monoisotopic (exact) mass is 315 g/mol. The van der Waals surface area contributed by atoms with Crippen molar-refractivity contribution in [1.29, 1.82) is 0 Å². The smallest absolute Gasteiger partial charge is 0.193 e. The van der Waals surface area contributed by atoms with Crippen LogP contribution in [-0.4, -0.2) is 9.38 Å². The molecule has 0 aliphatic carbocycles. The number of aromatic nitrogens is 2. The van der Waals surface area contributed by atoms with E-state index in [0.29, 0.717) is 12.2 Å². The molecule has 1 aromatic carbocycles. The summed E-state index contributed by atoms with van der Waals surface area (Å²) >= 11 is 13.5. The lowest BCUT2D eigenvalue weighted by molar-refractivity contribution is 0.628. The molecule has 3 rings (SSSR count). The number of nitrogens with one attached hydrogen (secondary N) is 1. The first-order chi connectivity index (χ1) is 9.13. The van der Waals surface area contributed by atoms with Crippen molar-refractivity contribution in [3.63, 3.8) is 0 Å². The fourth-order valence-corrected chi connectivity index (χ4v) is 3.06. The van der Waals surface area contributed by atoms with Crippen LogP contribution in [0.4, 0.5) is 10.1 Å². The van der Waals surface area contributed by atoms with Crippen molar-refractivity contribution in [2.75, 3.05) is 5.32 Å². The van der Waals surface area contributed by atoms with Crippen molar-refractivity contribution >= 4 is 45.2 Å². The summed E-state index contributed by atoms with van der Waals surface area (Å²) in [6.45, 7) is 0.472. The molecule has 2 heterocycles. The van der Waals surface area contributed by atoms with Crippen LogP contribution in [0.15, 0.2) is 29.9 Å². The molecule has 98 valence electrons. The quantitative estimate of drug-likeness (QED) is 0.773. The fraction of sp³-hybridized carbons (Fsp3) is 0.0833. The zero-order valence-corrected chi connectivity index (χ0v) is 11.9. The Kier molecular flexibility index (Phi) is 3.35. The molecule has 0 amide bonds. The number of anilines is 1. The number of hydrogen-bond acceptors (Lipinski definition) is 3. The molecule has 0 aliphatic rings. The zero-order chi connectivity index (χ0) is 13.4. The summed E-state index contributed by atoms with van der Waals surface area (Å²) in [7, 11) is 0. The predicted molar refractivity (Wildman–Crippen MR) is 76.8 cm³/mol. The fourth-order valence-electron chi connectivity index (χ4n) is 1.75. The summed E-state index contributed by atoms with van der Waals surface area (Å²) in [6.07, 6.45) is 3.86. The Morgan fingerprint density at radius 1 is 1.32 bits per heavy atom. The Bertz CT molecular complexity index is 686. The Labute approximate surface area is 122 Å². The van der Waals surface area contributed by atoms with Crippen LogP contribution in [0.3, 0.4) is 0 Å². The van der Waals surface area contributed by atoms with Gasteiger partial charge in [0.25, 0.3) is 0 Å². The molecule has 0 spiro atoms. The van der Waals surface area contributed by atoms with E-state index in [0.717, 1.165) is 10.7 Å². The molecule has 2 aromatic heterocycles. The van der Waals surface area contributed by atoms with Gasteiger partial charge in [0.05, 0.1) is 28.0 Å². The van der Waals surface area contributed by atoms with E-state index >= 15 is 0 Å². The molecule has 0 unspecified atom stereocenters. The zero-order valence-electron chi connectivity index (χ0n) is 9.53. The molecule has 19 heavy (non-hydrogen) atoms. The minimum Gasteiger partial charge on any atom is -0.377 e. The van der Waals surface area contributed by atoms with Crippen LogP contribution in [0.2, 0.25) is 10.0 Å². The topological polar surface area (TPSA) is 29.3 Å². The highest BCUT2D eigenvalue weighted by molar-refractivity contribution is 7.15. The van der Waals surface area contributed by atoms with Crippen molar-refractivity contribution in [2.45, 2.75) is 6.54 Å². The van der Waals surface area contributed by atoms with Crippen LogP contribution < -0.4 is 5.32 Å². The molecular formula is C12H8Cl2FN3S. The first-order valence-corrected chi connectivity index (χ1v) is 7.06. The molecule has 3 aromatic rings. The van der Waals surface area contributed by atoms with Crippen LogP contribution in [0.5, 0.6) is 0 Å². The minimum atomic E-state index is -0.456. The van der Waals surface area contributed by atoms with E-state index in [1.165, 1.54) is 12.1 Å². The molecule has 3 nitrogen and oxygen atoms in total. The molecule has 0 aliphatic heterocycles. The second-order valence-corrected chi connectivity index (χ2v) is 5.61. The van der Waals surface area contributed by atoms with Crippen molar-refractivity contribution in [3.8, 4) is 0 Å². The number of hydrogen-bond donors (Lipinski definition) is 1. The second kappa shape index (κ2) is 5.00. The van der Waals surface area contributed by atoms with Crippen LogP contribution in [0, 0.1) is 5.82 Å². The first-order valence-electron chi connectivity index (χ1n) is 5.43. The normalized spacial score (nSPS) is 11.1. The first kappa shape index (κ1) is 12.7. The number of imidazole rings is 1. The van der Waals surface area contributed by atoms with Crippen molar-refractivity contribution in [2.24, 2.45) is 0 Å². The van der Waals surface area contributed by atoms with E-state index in [9.17, 15) is 4.39 Å². The second-order valence-electron chi connectivity index (χ2n) is 3.92. The molecule has 0 bridgehead atoms. The highest BCUT2D eigenvalue weighted by atomic mass is 35.5. The lowest BCUT2D eigenvalue weighted by atomic mass is 10.3. The van der Waals surface area contributed by atoms with E-state index in [4.69, 9.17) is 23.2 Å². The molecule has 0 saturated heterocycles. The van der Waals surface area contributed by atoms with E-state index in [1.807, 2.05) is 22.2 Å². The molecular weight excluding hydrogens is 308 g/mol. The number of halogens is 3. The van der Waals surface area contributed by atoms with E-state index in [2.05, 4.69) is 10.3 Å². The lowest BCUT2D eigenvalue weighted by Crippen LogP contribution is -2.01. The third-order valence-electron chi connectivity index (χ3n) is 2.60. The maximum Gasteiger partial charge on any atom is 0.193 e. The van der Waals surface area contributed by atoms with Gasteiger partial charge in [-0.2, -0.15) is 0 Å².